The maximum atomic E-state index is 5.79. The third-order valence-electron chi connectivity index (χ3n) is 3.97. The Labute approximate surface area is 126 Å². The van der Waals surface area contributed by atoms with Crippen molar-refractivity contribution in [1.82, 2.24) is 0 Å². The highest BCUT2D eigenvalue weighted by Gasteiger charge is 2.06. The van der Waals surface area contributed by atoms with E-state index in [4.69, 9.17) is 6.58 Å². The summed E-state index contributed by atoms with van der Waals surface area (Å²) in [5, 5.41) is 0. The Morgan fingerprint density at radius 2 is 1.60 bits per heavy atom. The van der Waals surface area contributed by atoms with Crippen LogP contribution >= 0.6 is 0 Å². The second-order valence-electron chi connectivity index (χ2n) is 5.68. The molecule has 0 saturated heterocycles. The van der Waals surface area contributed by atoms with E-state index in [1.807, 2.05) is 6.07 Å². The van der Waals surface area contributed by atoms with E-state index in [1.165, 1.54) is 68.1 Å². The minimum atomic E-state index is 1.16. The Balaban J connectivity index is 2.63. The molecule has 0 bridgehead atoms. The zero-order valence-corrected chi connectivity index (χ0v) is 13.4. The van der Waals surface area contributed by atoms with Gasteiger partial charge in [-0.1, -0.05) is 77.2 Å². The second-order valence-corrected chi connectivity index (χ2v) is 5.68. The van der Waals surface area contributed by atoms with Crippen LogP contribution in [0.4, 0.5) is 0 Å². The molecule has 110 valence electrons. The van der Waals surface area contributed by atoms with E-state index in [0.717, 1.165) is 12.8 Å². The molecule has 0 aliphatic heterocycles. The minimum absolute atomic E-state index is 1.16. The Morgan fingerprint density at radius 3 is 2.20 bits per heavy atom. The van der Waals surface area contributed by atoms with Gasteiger partial charge in [0, 0.05) is 0 Å². The number of benzene rings is 1. The van der Waals surface area contributed by atoms with E-state index in [9.17, 15) is 0 Å². The quantitative estimate of drug-likeness (QED) is 0.421. The summed E-state index contributed by atoms with van der Waals surface area (Å²) in [4.78, 5) is 0. The van der Waals surface area contributed by atoms with Gasteiger partial charge in [-0.3, -0.25) is 0 Å². The first-order valence-electron chi connectivity index (χ1n) is 8.40. The van der Waals surface area contributed by atoms with E-state index in [-0.39, 0.29) is 0 Å². The molecule has 20 heavy (non-hydrogen) atoms. The number of aryl methyl sites for hydroxylation is 1. The summed E-state index contributed by atoms with van der Waals surface area (Å²) in [5.74, 6) is 0. The highest BCUT2D eigenvalue weighted by Crippen LogP contribution is 2.21. The Kier molecular flexibility index (Phi) is 9.11. The van der Waals surface area contributed by atoms with Crippen LogP contribution in [-0.2, 0) is 12.8 Å². The van der Waals surface area contributed by atoms with Crippen molar-refractivity contribution in [2.45, 2.75) is 78.1 Å². The summed E-state index contributed by atoms with van der Waals surface area (Å²) in [5.41, 5.74) is 4.06. The molecule has 0 fully saturated rings. The molecule has 2 radical (unpaired) electrons. The van der Waals surface area contributed by atoms with Gasteiger partial charge < -0.3 is 0 Å². The van der Waals surface area contributed by atoms with Crippen molar-refractivity contribution >= 4 is 6.08 Å². The average molecular weight is 270 g/mol. The van der Waals surface area contributed by atoms with Crippen molar-refractivity contribution in [1.29, 1.82) is 0 Å². The molecule has 0 spiro atoms. The average Bonchev–Trinajstić information content (AvgIpc) is 2.48. The molecule has 0 heterocycles. The lowest BCUT2D eigenvalue weighted by molar-refractivity contribution is 0.650. The fraction of sp³-hybridized carbons (Fsp3) is 0.600. The van der Waals surface area contributed by atoms with E-state index in [0.29, 0.717) is 0 Å². The van der Waals surface area contributed by atoms with Crippen LogP contribution in [-0.4, -0.2) is 0 Å². The van der Waals surface area contributed by atoms with Crippen molar-refractivity contribution in [2.24, 2.45) is 0 Å². The van der Waals surface area contributed by atoms with Gasteiger partial charge in [-0.2, -0.15) is 0 Å². The maximum absolute atomic E-state index is 5.79. The molecule has 0 nitrogen and oxygen atoms in total. The van der Waals surface area contributed by atoms with Crippen LogP contribution in [0.2, 0.25) is 0 Å². The maximum Gasteiger partial charge on any atom is -0.0146 e. The van der Waals surface area contributed by atoms with E-state index < -0.39 is 0 Å². The summed E-state index contributed by atoms with van der Waals surface area (Å²) in [6.07, 6.45) is 14.5. The largest absolute Gasteiger partial charge is 0.0654 e. The molecule has 1 rings (SSSR count). The van der Waals surface area contributed by atoms with Crippen LogP contribution in [0.1, 0.15) is 81.9 Å². The van der Waals surface area contributed by atoms with Gasteiger partial charge >= 0.3 is 0 Å². The van der Waals surface area contributed by atoms with Gasteiger partial charge in [-0.25, -0.2) is 0 Å². The standard InChI is InChI=1S/C20H30/c1-4-7-9-11-14-19-16-13-15-18(6-3)20(19)17-12-10-8-5-2/h3,6,13,15H,4-5,7-12,14,17H2,1-2H3. The zero-order valence-electron chi connectivity index (χ0n) is 13.4. The smallest absolute Gasteiger partial charge is 0.0146 e. The predicted octanol–water partition coefficient (Wildman–Crippen LogP) is 6.18. The highest BCUT2D eigenvalue weighted by atomic mass is 14.1. The SMILES string of the molecule is [CH]=Cc1cc[c]c(CCCCCC)c1CCCCCC. The van der Waals surface area contributed by atoms with Crippen molar-refractivity contribution in [3.05, 3.63) is 41.5 Å². The topological polar surface area (TPSA) is 0 Å². The Bertz CT molecular complexity index is 376. The molecule has 0 aliphatic carbocycles. The van der Waals surface area contributed by atoms with E-state index in [2.05, 4.69) is 26.0 Å². The molecule has 0 heteroatoms. The lowest BCUT2D eigenvalue weighted by atomic mass is 9.92. The van der Waals surface area contributed by atoms with Gasteiger partial charge in [0.15, 0.2) is 0 Å². The highest BCUT2D eigenvalue weighted by molar-refractivity contribution is 5.53. The number of unbranched alkanes of at least 4 members (excludes halogenated alkanes) is 6. The first-order chi connectivity index (χ1) is 9.83. The molecule has 0 unspecified atom stereocenters. The van der Waals surface area contributed by atoms with Crippen molar-refractivity contribution in [2.75, 3.05) is 0 Å². The van der Waals surface area contributed by atoms with Crippen LogP contribution in [0.5, 0.6) is 0 Å². The van der Waals surface area contributed by atoms with Crippen molar-refractivity contribution < 1.29 is 0 Å². The molecule has 0 atom stereocenters. The number of hydrogen-bond donors (Lipinski definition) is 0. The fourth-order valence-corrected chi connectivity index (χ4v) is 2.73. The fourth-order valence-electron chi connectivity index (χ4n) is 2.73. The summed E-state index contributed by atoms with van der Waals surface area (Å²) in [7, 11) is 0. The minimum Gasteiger partial charge on any atom is -0.0654 e. The zero-order chi connectivity index (χ0) is 14.6. The van der Waals surface area contributed by atoms with Gasteiger partial charge in [0.2, 0.25) is 0 Å². The lowest BCUT2D eigenvalue weighted by Gasteiger charge is -2.12. The molecular formula is C20H30. The van der Waals surface area contributed by atoms with Gasteiger partial charge in [-0.15, -0.1) is 0 Å². The lowest BCUT2D eigenvalue weighted by Crippen LogP contribution is -1.99. The molecule has 1 aromatic carbocycles. The second kappa shape index (κ2) is 10.7. The van der Waals surface area contributed by atoms with Crippen molar-refractivity contribution in [3.8, 4) is 0 Å². The van der Waals surface area contributed by atoms with Gasteiger partial charge in [0.1, 0.15) is 0 Å². The first kappa shape index (κ1) is 17.0. The number of hydrogen-bond acceptors (Lipinski definition) is 0. The molecule has 0 aliphatic rings. The summed E-state index contributed by atoms with van der Waals surface area (Å²) < 4.78 is 0. The summed E-state index contributed by atoms with van der Waals surface area (Å²) in [6.45, 7) is 10.3. The van der Waals surface area contributed by atoms with E-state index >= 15 is 0 Å². The van der Waals surface area contributed by atoms with Crippen LogP contribution in [0.15, 0.2) is 12.1 Å². The monoisotopic (exact) mass is 270 g/mol. The molecule has 0 amide bonds. The molecule has 0 saturated carbocycles. The van der Waals surface area contributed by atoms with E-state index in [1.54, 1.807) is 6.08 Å². The normalized spacial score (nSPS) is 10.7. The van der Waals surface area contributed by atoms with Gasteiger partial charge in [0.05, 0.1) is 0 Å². The van der Waals surface area contributed by atoms with Crippen LogP contribution in [0.25, 0.3) is 6.08 Å². The molecule has 1 aromatic rings. The Morgan fingerprint density at radius 1 is 0.950 bits per heavy atom. The molecule has 0 aromatic heterocycles. The van der Waals surface area contributed by atoms with Crippen molar-refractivity contribution in [3.63, 3.8) is 0 Å². The molecule has 0 N–H and O–H groups in total. The summed E-state index contributed by atoms with van der Waals surface area (Å²) in [6, 6.07) is 7.59. The number of rotatable bonds is 11. The first-order valence-corrected chi connectivity index (χ1v) is 8.40. The predicted molar refractivity (Wildman–Crippen MR) is 89.7 cm³/mol. The Hall–Kier alpha value is -1.04. The van der Waals surface area contributed by atoms with Gasteiger partial charge in [-0.05, 0) is 48.4 Å². The third-order valence-corrected chi connectivity index (χ3v) is 3.97. The third kappa shape index (κ3) is 5.94. The van der Waals surface area contributed by atoms with Crippen LogP contribution in [0.3, 0.4) is 0 Å². The van der Waals surface area contributed by atoms with Gasteiger partial charge in [0.25, 0.3) is 0 Å². The molecular weight excluding hydrogens is 240 g/mol. The van der Waals surface area contributed by atoms with Crippen LogP contribution in [0, 0.1) is 12.6 Å². The summed E-state index contributed by atoms with van der Waals surface area (Å²) >= 11 is 0. The van der Waals surface area contributed by atoms with Crippen LogP contribution < -0.4 is 0 Å².